The van der Waals surface area contributed by atoms with Crippen LogP contribution in [-0.4, -0.2) is 38.6 Å². The Kier molecular flexibility index (Phi) is 7.98. The van der Waals surface area contributed by atoms with Crippen LogP contribution in [0.1, 0.15) is 30.9 Å². The molecule has 0 aliphatic carbocycles. The van der Waals surface area contributed by atoms with E-state index in [1.54, 1.807) is 24.4 Å². The second kappa shape index (κ2) is 10.3. The summed E-state index contributed by atoms with van der Waals surface area (Å²) in [5.41, 5.74) is 2.52. The monoisotopic (exact) mass is 511 g/mol. The maximum atomic E-state index is 13.1. The van der Waals surface area contributed by atoms with Crippen LogP contribution in [0.25, 0.3) is 10.9 Å². The lowest BCUT2D eigenvalue weighted by Crippen LogP contribution is -2.39. The fourth-order valence-electron chi connectivity index (χ4n) is 3.29. The van der Waals surface area contributed by atoms with Crippen molar-refractivity contribution in [2.24, 2.45) is 0 Å². The summed E-state index contributed by atoms with van der Waals surface area (Å²) < 4.78 is 28.3. The first-order valence-corrected chi connectivity index (χ1v) is 12.7. The molecule has 0 bridgehead atoms. The van der Waals surface area contributed by atoms with Crippen molar-refractivity contribution in [1.82, 2.24) is 14.6 Å². The predicted octanol–water partition coefficient (Wildman–Crippen LogP) is 4.68. The molecule has 1 saturated heterocycles. The van der Waals surface area contributed by atoms with Gasteiger partial charge in [0.25, 0.3) is 10.0 Å². The number of rotatable bonds is 4. The predicted molar refractivity (Wildman–Crippen MR) is 128 cm³/mol. The van der Waals surface area contributed by atoms with Gasteiger partial charge in [-0.05, 0) is 47.4 Å². The molecule has 5 nitrogen and oxygen atoms in total. The molecular formula is C22H27BrClN3O2S. The molecule has 2 aromatic carbocycles. The van der Waals surface area contributed by atoms with Crippen molar-refractivity contribution >= 4 is 48.5 Å². The maximum absolute atomic E-state index is 13.1. The van der Waals surface area contributed by atoms with Crippen molar-refractivity contribution in [3.05, 3.63) is 64.3 Å². The number of nitrogens with one attached hydrogen (secondary N) is 2. The zero-order valence-electron chi connectivity index (χ0n) is 17.2. The van der Waals surface area contributed by atoms with E-state index < -0.39 is 10.0 Å². The number of nitrogens with zero attached hydrogens (tertiary/aromatic N) is 1. The Morgan fingerprint density at radius 2 is 1.63 bits per heavy atom. The summed E-state index contributed by atoms with van der Waals surface area (Å²) in [7, 11) is -3.67. The summed E-state index contributed by atoms with van der Waals surface area (Å²) in [6.07, 6.45) is 1.61. The average Bonchev–Trinajstić information content (AvgIpc) is 3.14. The number of piperazine rings is 1. The van der Waals surface area contributed by atoms with Gasteiger partial charge >= 0.3 is 0 Å². The number of aromatic nitrogens is 1. The highest BCUT2D eigenvalue weighted by Crippen LogP contribution is 2.30. The van der Waals surface area contributed by atoms with E-state index in [9.17, 15) is 8.42 Å². The first-order valence-electron chi connectivity index (χ1n) is 9.97. The largest absolute Gasteiger partial charge is 0.314 e. The van der Waals surface area contributed by atoms with Crippen LogP contribution in [0.3, 0.4) is 0 Å². The van der Waals surface area contributed by atoms with Crippen LogP contribution in [0.4, 0.5) is 0 Å². The summed E-state index contributed by atoms with van der Waals surface area (Å²) in [5, 5.41) is 7.28. The van der Waals surface area contributed by atoms with E-state index in [1.165, 1.54) is 3.97 Å². The number of fused-ring (bicyclic) bond motifs is 1. The topological polar surface area (TPSA) is 63.1 Å². The van der Waals surface area contributed by atoms with E-state index in [4.69, 9.17) is 11.6 Å². The molecule has 30 heavy (non-hydrogen) atoms. The molecule has 1 aliphatic rings. The summed E-state index contributed by atoms with van der Waals surface area (Å²) >= 11 is 9.42. The van der Waals surface area contributed by atoms with E-state index >= 15 is 0 Å². The van der Waals surface area contributed by atoms with E-state index in [1.807, 2.05) is 24.3 Å². The van der Waals surface area contributed by atoms with E-state index in [-0.39, 0.29) is 10.8 Å². The van der Waals surface area contributed by atoms with Gasteiger partial charge in [0.15, 0.2) is 0 Å². The number of hydrogen-bond acceptors (Lipinski definition) is 4. The van der Waals surface area contributed by atoms with Gasteiger partial charge in [-0.15, -0.1) is 11.6 Å². The highest BCUT2D eigenvalue weighted by Gasteiger charge is 2.21. The minimum absolute atomic E-state index is 0.252. The molecule has 3 aromatic rings. The van der Waals surface area contributed by atoms with Crippen LogP contribution < -0.4 is 10.6 Å². The minimum Gasteiger partial charge on any atom is -0.314 e. The normalized spacial score (nSPS) is 14.6. The molecule has 0 amide bonds. The lowest BCUT2D eigenvalue weighted by atomic mass is 10.0. The van der Waals surface area contributed by atoms with Gasteiger partial charge < -0.3 is 10.6 Å². The lowest BCUT2D eigenvalue weighted by molar-refractivity contribution is 0.534. The van der Waals surface area contributed by atoms with Gasteiger partial charge in [0, 0.05) is 48.1 Å². The lowest BCUT2D eigenvalue weighted by Gasteiger charge is -2.11. The van der Waals surface area contributed by atoms with Crippen LogP contribution in [-0.2, 0) is 15.9 Å². The molecule has 4 rings (SSSR count). The van der Waals surface area contributed by atoms with Crippen molar-refractivity contribution < 1.29 is 8.42 Å². The van der Waals surface area contributed by atoms with Crippen molar-refractivity contribution in [1.29, 1.82) is 0 Å². The Hall–Kier alpha value is -1.38. The summed E-state index contributed by atoms with van der Waals surface area (Å²) in [6.45, 7) is 8.71. The van der Waals surface area contributed by atoms with Crippen molar-refractivity contribution in [2.75, 3.05) is 26.2 Å². The van der Waals surface area contributed by atoms with Gasteiger partial charge in [0.05, 0.1) is 10.4 Å². The number of benzene rings is 2. The van der Waals surface area contributed by atoms with Crippen molar-refractivity contribution in [3.63, 3.8) is 0 Å². The van der Waals surface area contributed by atoms with Gasteiger partial charge in [-0.3, -0.25) is 0 Å². The van der Waals surface area contributed by atoms with Crippen LogP contribution in [0.2, 0.25) is 0 Å². The second-order valence-electron chi connectivity index (χ2n) is 7.47. The molecule has 1 aromatic heterocycles. The molecule has 0 spiro atoms. The molecule has 2 N–H and O–H groups in total. The Bertz CT molecular complexity index is 1080. The van der Waals surface area contributed by atoms with E-state index in [0.717, 1.165) is 47.2 Å². The third-order valence-electron chi connectivity index (χ3n) is 5.02. The molecule has 162 valence electrons. The first-order chi connectivity index (χ1) is 14.3. The van der Waals surface area contributed by atoms with Crippen LogP contribution in [0.15, 0.2) is 58.0 Å². The highest BCUT2D eigenvalue weighted by atomic mass is 79.9. The van der Waals surface area contributed by atoms with E-state index in [2.05, 4.69) is 40.4 Å². The van der Waals surface area contributed by atoms with Gasteiger partial charge in [0.1, 0.15) is 0 Å². The molecule has 0 atom stereocenters. The fraction of sp³-hybridized carbons (Fsp3) is 0.364. The van der Waals surface area contributed by atoms with Gasteiger partial charge in [-0.2, -0.15) is 0 Å². The highest BCUT2D eigenvalue weighted by molar-refractivity contribution is 9.10. The summed E-state index contributed by atoms with van der Waals surface area (Å²) in [6, 6.07) is 12.6. The molecule has 0 radical (unpaired) electrons. The first kappa shape index (κ1) is 23.3. The fourth-order valence-corrected chi connectivity index (χ4v) is 5.25. The van der Waals surface area contributed by atoms with Crippen LogP contribution >= 0.6 is 27.5 Å². The molecule has 1 fully saturated rings. The number of alkyl halides is 1. The average molecular weight is 513 g/mol. The molecule has 0 saturated carbocycles. The minimum atomic E-state index is -3.67. The van der Waals surface area contributed by atoms with Crippen LogP contribution in [0, 0.1) is 0 Å². The third kappa shape index (κ3) is 5.26. The van der Waals surface area contributed by atoms with E-state index in [0.29, 0.717) is 11.4 Å². The Labute approximate surface area is 192 Å². The number of halogens is 2. The zero-order chi connectivity index (χ0) is 21.7. The molecule has 2 heterocycles. The second-order valence-corrected chi connectivity index (χ2v) is 10.5. The Morgan fingerprint density at radius 3 is 2.13 bits per heavy atom. The summed E-state index contributed by atoms with van der Waals surface area (Å²) in [5.74, 6) is 0.608. The van der Waals surface area contributed by atoms with Gasteiger partial charge in [-0.25, -0.2) is 12.4 Å². The maximum Gasteiger partial charge on any atom is 0.268 e. The van der Waals surface area contributed by atoms with Gasteiger partial charge in [0.2, 0.25) is 0 Å². The van der Waals surface area contributed by atoms with Gasteiger partial charge in [-0.1, -0.05) is 41.9 Å². The zero-order valence-corrected chi connectivity index (χ0v) is 20.3. The smallest absolute Gasteiger partial charge is 0.268 e. The Balaban J connectivity index is 0.000000367. The van der Waals surface area contributed by atoms with Crippen LogP contribution in [0.5, 0.6) is 0 Å². The van der Waals surface area contributed by atoms with Crippen molar-refractivity contribution in [3.8, 4) is 0 Å². The molecule has 8 heteroatoms. The Morgan fingerprint density at radius 1 is 1.03 bits per heavy atom. The summed E-state index contributed by atoms with van der Waals surface area (Å²) in [4.78, 5) is 0.271. The molecule has 0 unspecified atom stereocenters. The SMILES string of the molecule is C1CNCCN1.CC(C)c1ccc(S(=O)(=O)n2cc(CCl)c3cc(Br)ccc32)cc1. The van der Waals surface area contributed by atoms with Crippen molar-refractivity contribution in [2.45, 2.75) is 30.5 Å². The molecular weight excluding hydrogens is 486 g/mol. The quantitative estimate of drug-likeness (QED) is 0.498. The number of hydrogen-bond donors (Lipinski definition) is 2. The third-order valence-corrected chi connectivity index (χ3v) is 7.49. The molecule has 1 aliphatic heterocycles. The standard InChI is InChI=1S/C18H17BrClNO2S.C4H10N2/c1-12(2)13-3-6-16(7-4-13)24(22,23)21-11-14(10-20)17-9-15(19)5-8-18(17)21;1-2-6-4-3-5-1/h3-9,11-12H,10H2,1-2H3;5-6H,1-4H2.